The van der Waals surface area contributed by atoms with Crippen molar-refractivity contribution >= 4 is 17.6 Å². The number of benzene rings is 1. The zero-order valence-corrected chi connectivity index (χ0v) is 13.9. The van der Waals surface area contributed by atoms with Crippen LogP contribution in [0.3, 0.4) is 0 Å². The Bertz CT molecular complexity index is 518. The van der Waals surface area contributed by atoms with Gasteiger partial charge in [-0.2, -0.15) is 0 Å². The van der Waals surface area contributed by atoms with Gasteiger partial charge in [0.25, 0.3) is 0 Å². The van der Waals surface area contributed by atoms with Crippen LogP contribution in [0.15, 0.2) is 23.2 Å². The van der Waals surface area contributed by atoms with Crippen LogP contribution in [0.2, 0.25) is 5.02 Å². The van der Waals surface area contributed by atoms with Gasteiger partial charge in [-0.15, -0.1) is 0 Å². The van der Waals surface area contributed by atoms with Crippen molar-refractivity contribution in [3.8, 4) is 0 Å². The Morgan fingerprint density at radius 3 is 3.00 bits per heavy atom. The summed E-state index contributed by atoms with van der Waals surface area (Å²) in [6.45, 7) is 5.88. The maximum atomic E-state index is 13.2. The highest BCUT2D eigenvalue weighted by atomic mass is 35.5. The van der Waals surface area contributed by atoms with E-state index >= 15 is 0 Å². The number of aliphatic imine (C=N–C) groups is 1. The molecule has 0 saturated carbocycles. The number of nitrogens with one attached hydrogen (secondary N) is 1. The summed E-state index contributed by atoms with van der Waals surface area (Å²) in [7, 11) is 2.03. The van der Waals surface area contributed by atoms with Crippen molar-refractivity contribution < 1.29 is 9.13 Å². The number of rotatable bonds is 5. The van der Waals surface area contributed by atoms with Crippen LogP contribution in [0.5, 0.6) is 0 Å². The summed E-state index contributed by atoms with van der Waals surface area (Å²) in [5.74, 6) is 0.989. The molecule has 0 aromatic heterocycles. The van der Waals surface area contributed by atoms with Crippen molar-refractivity contribution in [2.75, 3.05) is 33.4 Å². The summed E-state index contributed by atoms with van der Waals surface area (Å²) in [5, 5.41) is 3.41. The molecule has 1 aromatic carbocycles. The van der Waals surface area contributed by atoms with Crippen LogP contribution in [-0.4, -0.2) is 44.2 Å². The molecule has 0 radical (unpaired) electrons. The van der Waals surface area contributed by atoms with Crippen LogP contribution in [0.4, 0.5) is 4.39 Å². The van der Waals surface area contributed by atoms with Gasteiger partial charge >= 0.3 is 0 Å². The normalized spacial score (nSPS) is 18.5. The highest BCUT2D eigenvalue weighted by Gasteiger charge is 2.19. The zero-order chi connectivity index (χ0) is 15.9. The Morgan fingerprint density at radius 1 is 1.55 bits per heavy atom. The average Bonchev–Trinajstić information content (AvgIpc) is 2.99. The third-order valence-corrected chi connectivity index (χ3v) is 3.94. The minimum atomic E-state index is -0.403. The maximum Gasteiger partial charge on any atom is 0.193 e. The minimum Gasteiger partial charge on any atom is -0.381 e. The molecule has 1 aliphatic rings. The van der Waals surface area contributed by atoms with Gasteiger partial charge in [-0.3, -0.25) is 0 Å². The second-order valence-electron chi connectivity index (χ2n) is 5.53. The lowest BCUT2D eigenvalue weighted by molar-refractivity contribution is 0.181. The summed E-state index contributed by atoms with van der Waals surface area (Å²) in [6, 6.07) is 4.70. The van der Waals surface area contributed by atoms with Gasteiger partial charge in [-0.05, 0) is 31.0 Å². The van der Waals surface area contributed by atoms with E-state index < -0.39 is 5.82 Å². The summed E-state index contributed by atoms with van der Waals surface area (Å²) in [4.78, 5) is 6.73. The van der Waals surface area contributed by atoms with Crippen molar-refractivity contribution in [1.82, 2.24) is 10.2 Å². The second kappa shape index (κ2) is 8.34. The van der Waals surface area contributed by atoms with Crippen molar-refractivity contribution in [1.29, 1.82) is 0 Å². The van der Waals surface area contributed by atoms with Crippen LogP contribution in [-0.2, 0) is 11.3 Å². The highest BCUT2D eigenvalue weighted by Crippen LogP contribution is 2.17. The molecule has 2 rings (SSSR count). The first-order valence-corrected chi connectivity index (χ1v) is 7.99. The first kappa shape index (κ1) is 17.0. The fraction of sp³-hybridized carbons (Fsp3) is 0.562. The minimum absolute atomic E-state index is 0.133. The van der Waals surface area contributed by atoms with Crippen LogP contribution in [0.1, 0.15) is 18.9 Å². The van der Waals surface area contributed by atoms with Gasteiger partial charge in [0.2, 0.25) is 0 Å². The van der Waals surface area contributed by atoms with Gasteiger partial charge in [-0.25, -0.2) is 9.38 Å². The van der Waals surface area contributed by atoms with Gasteiger partial charge in [0.1, 0.15) is 5.82 Å². The summed E-state index contributed by atoms with van der Waals surface area (Å²) in [6.07, 6.45) is 1.09. The molecule has 6 heteroatoms. The fourth-order valence-corrected chi connectivity index (χ4v) is 2.68. The lowest BCUT2D eigenvalue weighted by Crippen LogP contribution is -2.41. The molecule has 1 atom stereocenters. The van der Waals surface area contributed by atoms with E-state index in [2.05, 4.69) is 15.2 Å². The molecule has 22 heavy (non-hydrogen) atoms. The number of ether oxygens (including phenoxy) is 1. The molecule has 4 nitrogen and oxygen atoms in total. The van der Waals surface area contributed by atoms with E-state index in [4.69, 9.17) is 16.3 Å². The number of halogens is 2. The number of nitrogens with zero attached hydrogens (tertiary/aromatic N) is 2. The largest absolute Gasteiger partial charge is 0.381 e. The molecule has 1 fully saturated rings. The van der Waals surface area contributed by atoms with E-state index in [1.54, 1.807) is 12.1 Å². The summed E-state index contributed by atoms with van der Waals surface area (Å²) < 4.78 is 18.6. The lowest BCUT2D eigenvalue weighted by atomic mass is 10.1. The third kappa shape index (κ3) is 4.85. The smallest absolute Gasteiger partial charge is 0.193 e. The van der Waals surface area contributed by atoms with Gasteiger partial charge in [0, 0.05) is 32.7 Å². The third-order valence-electron chi connectivity index (χ3n) is 3.65. The van der Waals surface area contributed by atoms with Crippen LogP contribution >= 0.6 is 11.6 Å². The monoisotopic (exact) mass is 327 g/mol. The predicted molar refractivity (Wildman–Crippen MR) is 87.8 cm³/mol. The van der Waals surface area contributed by atoms with Gasteiger partial charge < -0.3 is 15.0 Å². The van der Waals surface area contributed by atoms with Crippen molar-refractivity contribution in [2.45, 2.75) is 19.9 Å². The molecule has 1 heterocycles. The number of hydrogen-bond donors (Lipinski definition) is 1. The Balaban J connectivity index is 2.00. The quantitative estimate of drug-likeness (QED) is 0.667. The molecule has 0 bridgehead atoms. The maximum absolute atomic E-state index is 13.2. The van der Waals surface area contributed by atoms with E-state index in [-0.39, 0.29) is 5.02 Å². The molecule has 1 aliphatic heterocycles. The van der Waals surface area contributed by atoms with Gasteiger partial charge in [0.05, 0.1) is 18.2 Å². The predicted octanol–water partition coefficient (Wildman–Crippen LogP) is 2.91. The number of hydrogen-bond acceptors (Lipinski definition) is 2. The average molecular weight is 328 g/mol. The SMILES string of the molecule is CCNC(=NCc1ccc(F)c(Cl)c1)N(C)CC1CCOC1. The molecule has 1 unspecified atom stereocenters. The van der Waals surface area contributed by atoms with E-state index in [0.29, 0.717) is 12.5 Å². The Morgan fingerprint density at radius 2 is 2.36 bits per heavy atom. The fourth-order valence-electron chi connectivity index (χ4n) is 2.47. The highest BCUT2D eigenvalue weighted by molar-refractivity contribution is 6.30. The van der Waals surface area contributed by atoms with Gasteiger partial charge in [0.15, 0.2) is 5.96 Å². The molecule has 0 spiro atoms. The molecule has 1 aromatic rings. The van der Waals surface area contributed by atoms with Crippen molar-refractivity contribution in [3.63, 3.8) is 0 Å². The molecular weight excluding hydrogens is 305 g/mol. The van der Waals surface area contributed by atoms with E-state index in [1.165, 1.54) is 6.07 Å². The molecule has 0 amide bonds. The lowest BCUT2D eigenvalue weighted by Gasteiger charge is -2.24. The zero-order valence-electron chi connectivity index (χ0n) is 13.1. The Hall–Kier alpha value is -1.33. The summed E-state index contributed by atoms with van der Waals surface area (Å²) in [5.41, 5.74) is 0.888. The molecular formula is C16H23ClFN3O. The molecule has 1 saturated heterocycles. The molecule has 0 aliphatic carbocycles. The van der Waals surface area contributed by atoms with E-state index in [9.17, 15) is 4.39 Å². The van der Waals surface area contributed by atoms with Crippen LogP contribution in [0, 0.1) is 11.7 Å². The summed E-state index contributed by atoms with van der Waals surface area (Å²) >= 11 is 5.80. The Kier molecular flexibility index (Phi) is 6.46. The Labute approximate surface area is 136 Å². The molecule has 1 N–H and O–H groups in total. The van der Waals surface area contributed by atoms with Gasteiger partial charge in [-0.1, -0.05) is 17.7 Å². The first-order chi connectivity index (χ1) is 10.6. The van der Waals surface area contributed by atoms with E-state index in [1.807, 2.05) is 14.0 Å². The van der Waals surface area contributed by atoms with Crippen molar-refractivity contribution in [2.24, 2.45) is 10.9 Å². The van der Waals surface area contributed by atoms with Crippen LogP contribution < -0.4 is 5.32 Å². The second-order valence-corrected chi connectivity index (χ2v) is 5.94. The van der Waals surface area contributed by atoms with E-state index in [0.717, 1.165) is 44.2 Å². The topological polar surface area (TPSA) is 36.9 Å². The van der Waals surface area contributed by atoms with Crippen LogP contribution in [0.25, 0.3) is 0 Å². The standard InChI is InChI=1S/C16H23ClFN3O/c1-3-19-16(21(2)10-13-6-7-22-11-13)20-9-12-4-5-15(18)14(17)8-12/h4-5,8,13H,3,6-7,9-11H2,1-2H3,(H,19,20). The number of guanidine groups is 1. The van der Waals surface area contributed by atoms with Crippen molar-refractivity contribution in [3.05, 3.63) is 34.6 Å². The molecule has 122 valence electrons. The first-order valence-electron chi connectivity index (χ1n) is 7.61.